The van der Waals surface area contributed by atoms with Crippen molar-refractivity contribution in [2.75, 3.05) is 0 Å². The van der Waals surface area contributed by atoms with Crippen LogP contribution in [-0.2, 0) is 6.42 Å². The van der Waals surface area contributed by atoms with Gasteiger partial charge in [-0.15, -0.1) is 0 Å². The van der Waals surface area contributed by atoms with Crippen molar-refractivity contribution in [2.45, 2.75) is 26.2 Å². The number of hydrogen-bond acceptors (Lipinski definition) is 1. The Morgan fingerprint density at radius 1 is 1.24 bits per heavy atom. The van der Waals surface area contributed by atoms with Crippen LogP contribution in [0.1, 0.15) is 29.5 Å². The molecule has 0 atom stereocenters. The smallest absolute Gasteiger partial charge is 0.0349 e. The average molecular weight is 221 g/mol. The fourth-order valence-corrected chi connectivity index (χ4v) is 2.39. The van der Waals surface area contributed by atoms with Crippen LogP contribution in [0, 0.1) is 13.3 Å². The molecule has 84 valence electrons. The average Bonchev–Trinajstić information content (AvgIpc) is 2.39. The van der Waals surface area contributed by atoms with E-state index in [1.807, 2.05) is 12.4 Å². The second-order valence-corrected chi connectivity index (χ2v) is 4.59. The summed E-state index contributed by atoms with van der Waals surface area (Å²) in [6, 6.07) is 8.75. The first-order valence-corrected chi connectivity index (χ1v) is 6.12. The minimum atomic E-state index is 1.09. The van der Waals surface area contributed by atoms with Gasteiger partial charge in [0.25, 0.3) is 0 Å². The summed E-state index contributed by atoms with van der Waals surface area (Å²) in [6.45, 7) is 2.13. The number of aromatic nitrogens is 1. The number of pyridine rings is 1. The molecule has 0 saturated heterocycles. The largest absolute Gasteiger partial charge is 0.264 e. The summed E-state index contributed by atoms with van der Waals surface area (Å²) in [4.78, 5) is 4.21. The lowest BCUT2D eigenvalue weighted by Gasteiger charge is -2.16. The van der Waals surface area contributed by atoms with Crippen LogP contribution in [0.2, 0.25) is 0 Å². The van der Waals surface area contributed by atoms with Gasteiger partial charge in [0.15, 0.2) is 0 Å². The highest BCUT2D eigenvalue weighted by Gasteiger charge is 2.11. The van der Waals surface area contributed by atoms with Crippen molar-refractivity contribution in [2.24, 2.45) is 0 Å². The van der Waals surface area contributed by atoms with Crippen LogP contribution < -0.4 is 0 Å². The van der Waals surface area contributed by atoms with Crippen molar-refractivity contribution in [1.29, 1.82) is 0 Å². The molecular formula is C16H15N. The highest BCUT2D eigenvalue weighted by atomic mass is 14.6. The first-order valence-electron chi connectivity index (χ1n) is 6.12. The second kappa shape index (κ2) is 4.33. The van der Waals surface area contributed by atoms with Crippen LogP contribution in [0.15, 0.2) is 36.7 Å². The summed E-state index contributed by atoms with van der Waals surface area (Å²) < 4.78 is 0. The van der Waals surface area contributed by atoms with Crippen LogP contribution in [0.25, 0.3) is 11.1 Å². The first-order chi connectivity index (χ1) is 8.34. The quantitative estimate of drug-likeness (QED) is 0.713. The third-order valence-corrected chi connectivity index (χ3v) is 3.40. The third-order valence-electron chi connectivity index (χ3n) is 3.40. The highest BCUT2D eigenvalue weighted by molar-refractivity contribution is 5.68. The molecule has 0 bridgehead atoms. The molecule has 1 heteroatoms. The molecule has 0 fully saturated rings. The Morgan fingerprint density at radius 3 is 3.06 bits per heavy atom. The zero-order chi connectivity index (χ0) is 11.7. The maximum absolute atomic E-state index is 4.21. The zero-order valence-electron chi connectivity index (χ0n) is 10.0. The molecule has 0 unspecified atom stereocenters. The number of fused-ring (bicyclic) bond motifs is 1. The van der Waals surface area contributed by atoms with Gasteiger partial charge in [-0.25, -0.2) is 0 Å². The predicted octanol–water partition coefficient (Wildman–Crippen LogP) is 3.82. The van der Waals surface area contributed by atoms with Crippen molar-refractivity contribution in [1.82, 2.24) is 4.98 Å². The van der Waals surface area contributed by atoms with E-state index in [9.17, 15) is 0 Å². The molecule has 0 saturated carbocycles. The van der Waals surface area contributed by atoms with Crippen molar-refractivity contribution in [3.63, 3.8) is 0 Å². The molecule has 17 heavy (non-hydrogen) atoms. The van der Waals surface area contributed by atoms with E-state index in [0.29, 0.717) is 0 Å². The number of hydrogen-bond donors (Lipinski definition) is 0. The van der Waals surface area contributed by atoms with Gasteiger partial charge in [-0.05, 0) is 54.5 Å². The van der Waals surface area contributed by atoms with E-state index in [0.717, 1.165) is 6.42 Å². The summed E-state index contributed by atoms with van der Waals surface area (Å²) >= 11 is 0. The van der Waals surface area contributed by atoms with E-state index in [2.05, 4.69) is 42.6 Å². The number of benzene rings is 1. The summed E-state index contributed by atoms with van der Waals surface area (Å²) in [7, 11) is 0. The maximum Gasteiger partial charge on any atom is 0.0349 e. The normalized spacial score (nSPS) is 14.4. The molecule has 2 aromatic rings. The maximum atomic E-state index is 4.21. The van der Waals surface area contributed by atoms with Gasteiger partial charge in [0, 0.05) is 24.4 Å². The van der Waals surface area contributed by atoms with E-state index in [4.69, 9.17) is 0 Å². The summed E-state index contributed by atoms with van der Waals surface area (Å²) in [5, 5.41) is 0. The topological polar surface area (TPSA) is 12.9 Å². The van der Waals surface area contributed by atoms with E-state index < -0.39 is 0 Å². The Balaban J connectivity index is 2.07. The molecule has 0 spiro atoms. The van der Waals surface area contributed by atoms with Crippen LogP contribution in [-0.4, -0.2) is 4.98 Å². The Hall–Kier alpha value is -1.63. The molecule has 3 rings (SSSR count). The molecule has 1 aliphatic carbocycles. The lowest BCUT2D eigenvalue weighted by Crippen LogP contribution is -2.00. The molecule has 1 aliphatic rings. The Kier molecular flexibility index (Phi) is 2.68. The van der Waals surface area contributed by atoms with E-state index in [-0.39, 0.29) is 0 Å². The van der Waals surface area contributed by atoms with Gasteiger partial charge >= 0.3 is 0 Å². The van der Waals surface area contributed by atoms with Crippen LogP contribution in [0.5, 0.6) is 0 Å². The molecular weight excluding hydrogens is 206 g/mol. The predicted molar refractivity (Wildman–Crippen MR) is 69.7 cm³/mol. The molecule has 2 radical (unpaired) electrons. The minimum absolute atomic E-state index is 1.09. The molecule has 1 nitrogen and oxygen atoms in total. The van der Waals surface area contributed by atoms with Crippen LogP contribution >= 0.6 is 0 Å². The van der Waals surface area contributed by atoms with Crippen molar-refractivity contribution in [3.8, 4) is 11.1 Å². The second-order valence-electron chi connectivity index (χ2n) is 4.59. The molecule has 1 heterocycles. The first kappa shape index (κ1) is 10.5. The fraction of sp³-hybridized carbons (Fsp3) is 0.250. The summed E-state index contributed by atoms with van der Waals surface area (Å²) in [6.07, 6.45) is 10.8. The van der Waals surface area contributed by atoms with Crippen LogP contribution in [0.3, 0.4) is 0 Å². The van der Waals surface area contributed by atoms with E-state index in [1.165, 1.54) is 40.7 Å². The fourth-order valence-electron chi connectivity index (χ4n) is 2.39. The van der Waals surface area contributed by atoms with Crippen molar-refractivity contribution in [3.05, 3.63) is 59.8 Å². The van der Waals surface area contributed by atoms with Gasteiger partial charge in [0.05, 0.1) is 0 Å². The Bertz CT molecular complexity index is 543. The van der Waals surface area contributed by atoms with Gasteiger partial charge in [-0.1, -0.05) is 18.2 Å². The van der Waals surface area contributed by atoms with Gasteiger partial charge in [-0.3, -0.25) is 4.98 Å². The lowest BCUT2D eigenvalue weighted by molar-refractivity contribution is 0.775. The lowest BCUT2D eigenvalue weighted by atomic mass is 9.89. The molecule has 1 aromatic carbocycles. The summed E-state index contributed by atoms with van der Waals surface area (Å²) in [5.74, 6) is 0. The Labute approximate surface area is 103 Å². The van der Waals surface area contributed by atoms with Gasteiger partial charge in [0.1, 0.15) is 0 Å². The van der Waals surface area contributed by atoms with E-state index in [1.54, 1.807) is 0 Å². The minimum Gasteiger partial charge on any atom is -0.264 e. The standard InChI is InChI=1S/C16H15N/c1-12-8-9-17-11-16(12)15-7-6-13-4-2-3-5-14(13)10-15/h6-11H,2-4H2,1H3. The van der Waals surface area contributed by atoms with Crippen molar-refractivity contribution >= 4 is 0 Å². The van der Waals surface area contributed by atoms with Gasteiger partial charge in [0.2, 0.25) is 0 Å². The zero-order valence-corrected chi connectivity index (χ0v) is 10.0. The van der Waals surface area contributed by atoms with Gasteiger partial charge in [-0.2, -0.15) is 0 Å². The third kappa shape index (κ3) is 1.97. The van der Waals surface area contributed by atoms with Gasteiger partial charge < -0.3 is 0 Å². The molecule has 0 amide bonds. The SMILES string of the molecule is Cc1ccncc1-c1ccc2c(c1)[C]CCC2. The number of aryl methyl sites for hydroxylation is 2. The monoisotopic (exact) mass is 221 g/mol. The number of rotatable bonds is 1. The van der Waals surface area contributed by atoms with Crippen molar-refractivity contribution < 1.29 is 0 Å². The molecule has 1 aromatic heterocycles. The highest BCUT2D eigenvalue weighted by Crippen LogP contribution is 2.29. The molecule has 0 aliphatic heterocycles. The Morgan fingerprint density at radius 2 is 2.18 bits per heavy atom. The summed E-state index contributed by atoms with van der Waals surface area (Å²) in [5.41, 5.74) is 6.47. The van der Waals surface area contributed by atoms with E-state index >= 15 is 0 Å². The number of nitrogens with zero attached hydrogens (tertiary/aromatic N) is 1. The molecule has 0 N–H and O–H groups in total. The van der Waals surface area contributed by atoms with Crippen LogP contribution in [0.4, 0.5) is 0 Å².